The SMILES string of the molecule is CC(C)C1COC(=O)N1C(=O)C(O)CC(CO)CO.[Ac]. The van der Waals surface area contributed by atoms with Crippen LogP contribution in [0.5, 0.6) is 0 Å². The van der Waals surface area contributed by atoms with Crippen molar-refractivity contribution in [3.63, 3.8) is 0 Å². The molecule has 3 N–H and O–H groups in total. The Kier molecular flexibility index (Phi) is 9.44. The van der Waals surface area contributed by atoms with E-state index < -0.39 is 30.1 Å². The number of amides is 2. The Bertz CT molecular complexity index is 334. The van der Waals surface area contributed by atoms with Crippen molar-refractivity contribution < 1.29 is 73.7 Å². The number of carbonyl (C=O) groups excluding carboxylic acids is 2. The molecule has 0 aromatic heterocycles. The van der Waals surface area contributed by atoms with Gasteiger partial charge in [0.1, 0.15) is 12.7 Å². The quantitative estimate of drug-likeness (QED) is 0.446. The smallest absolute Gasteiger partial charge is 0.417 e. The zero-order valence-electron chi connectivity index (χ0n) is 11.7. The van der Waals surface area contributed by atoms with Crippen molar-refractivity contribution in [2.75, 3.05) is 19.8 Å². The monoisotopic (exact) mass is 502 g/mol. The summed E-state index contributed by atoms with van der Waals surface area (Å²) < 4.78 is 4.82. The Morgan fingerprint density at radius 2 is 1.95 bits per heavy atom. The summed E-state index contributed by atoms with van der Waals surface area (Å²) in [6.45, 7) is 3.16. The van der Waals surface area contributed by atoms with Gasteiger partial charge >= 0.3 is 6.09 Å². The van der Waals surface area contributed by atoms with Crippen LogP contribution in [-0.4, -0.2) is 64.2 Å². The number of imide groups is 1. The number of aliphatic hydroxyl groups excluding tert-OH is 3. The normalized spacial score (nSPS) is 20.1. The summed E-state index contributed by atoms with van der Waals surface area (Å²) in [5.41, 5.74) is 0. The van der Waals surface area contributed by atoms with Gasteiger partial charge in [0, 0.05) is 63.2 Å². The largest absolute Gasteiger partial charge is 0.447 e. The standard InChI is InChI=1S/C12H21NO6.Ac/c1-7(2)9-6-19-12(18)13(9)11(17)10(16)3-8(4-14)5-15;/h7-10,14-16H,3-6H2,1-2H3;. The fraction of sp³-hybridized carbons (Fsp3) is 0.833. The number of ether oxygens (including phenoxy) is 1. The molecular formula is C12H21AcNO6. The van der Waals surface area contributed by atoms with E-state index in [1.54, 1.807) is 0 Å². The van der Waals surface area contributed by atoms with Gasteiger partial charge in [-0.3, -0.25) is 4.79 Å². The van der Waals surface area contributed by atoms with Crippen LogP contribution in [0.3, 0.4) is 0 Å². The molecule has 1 saturated heterocycles. The number of carbonyl (C=O) groups is 2. The summed E-state index contributed by atoms with van der Waals surface area (Å²) in [6.07, 6.45) is -2.29. The summed E-state index contributed by atoms with van der Waals surface area (Å²) >= 11 is 0. The molecule has 0 aromatic carbocycles. The van der Waals surface area contributed by atoms with Crippen molar-refractivity contribution in [3.8, 4) is 0 Å². The Hall–Kier alpha value is 0.262. The fourth-order valence-electron chi connectivity index (χ4n) is 1.96. The maximum Gasteiger partial charge on any atom is 0.417 e. The Morgan fingerprint density at radius 3 is 2.40 bits per heavy atom. The predicted octanol–water partition coefficient (Wildman–Crippen LogP) is -0.658. The van der Waals surface area contributed by atoms with Gasteiger partial charge < -0.3 is 20.1 Å². The molecule has 1 aliphatic heterocycles. The first-order valence-corrected chi connectivity index (χ1v) is 6.32. The van der Waals surface area contributed by atoms with E-state index >= 15 is 0 Å². The molecule has 8 heteroatoms. The minimum Gasteiger partial charge on any atom is -0.447 e. The van der Waals surface area contributed by atoms with Crippen molar-refractivity contribution in [1.82, 2.24) is 4.90 Å². The van der Waals surface area contributed by atoms with Gasteiger partial charge in [-0.2, -0.15) is 0 Å². The van der Waals surface area contributed by atoms with E-state index in [1.807, 2.05) is 13.8 Å². The number of cyclic esters (lactones) is 1. The number of aliphatic hydroxyl groups is 3. The molecule has 0 saturated carbocycles. The summed E-state index contributed by atoms with van der Waals surface area (Å²) in [4.78, 5) is 24.5. The third-order valence-electron chi connectivity index (χ3n) is 3.27. The van der Waals surface area contributed by atoms with Crippen molar-refractivity contribution in [2.24, 2.45) is 11.8 Å². The summed E-state index contributed by atoms with van der Waals surface area (Å²) in [5, 5.41) is 27.7. The van der Waals surface area contributed by atoms with Gasteiger partial charge in [0.05, 0.1) is 6.04 Å². The molecule has 1 rings (SSSR count). The van der Waals surface area contributed by atoms with Crippen LogP contribution in [0.15, 0.2) is 0 Å². The minimum absolute atomic E-state index is 0. The molecule has 2 atom stereocenters. The van der Waals surface area contributed by atoms with Crippen LogP contribution in [-0.2, 0) is 9.53 Å². The molecule has 2 amide bonds. The zero-order valence-corrected chi connectivity index (χ0v) is 16.5. The predicted molar refractivity (Wildman–Crippen MR) is 65.1 cm³/mol. The number of hydrogen-bond acceptors (Lipinski definition) is 6. The van der Waals surface area contributed by atoms with Crippen molar-refractivity contribution in [1.29, 1.82) is 0 Å². The fourth-order valence-corrected chi connectivity index (χ4v) is 1.96. The van der Waals surface area contributed by atoms with Crippen LogP contribution in [0.4, 0.5) is 4.79 Å². The first-order valence-electron chi connectivity index (χ1n) is 6.32. The molecule has 113 valence electrons. The minimum atomic E-state index is -1.43. The van der Waals surface area contributed by atoms with E-state index in [0.717, 1.165) is 4.90 Å². The van der Waals surface area contributed by atoms with Gasteiger partial charge in [-0.05, 0) is 12.3 Å². The van der Waals surface area contributed by atoms with E-state index in [9.17, 15) is 14.7 Å². The van der Waals surface area contributed by atoms with E-state index in [4.69, 9.17) is 14.9 Å². The second-order valence-corrected chi connectivity index (χ2v) is 5.08. The van der Waals surface area contributed by atoms with E-state index in [-0.39, 0.29) is 76.2 Å². The van der Waals surface area contributed by atoms with E-state index in [0.29, 0.717) is 0 Å². The second kappa shape index (κ2) is 9.31. The van der Waals surface area contributed by atoms with E-state index in [2.05, 4.69) is 0 Å². The van der Waals surface area contributed by atoms with Crippen LogP contribution in [0.1, 0.15) is 20.3 Å². The van der Waals surface area contributed by atoms with Gasteiger partial charge in [-0.1, -0.05) is 13.8 Å². The van der Waals surface area contributed by atoms with Crippen LogP contribution in [0.25, 0.3) is 0 Å². The van der Waals surface area contributed by atoms with Gasteiger partial charge in [0.2, 0.25) is 0 Å². The number of rotatable bonds is 6. The van der Waals surface area contributed by atoms with Gasteiger partial charge in [0.25, 0.3) is 5.91 Å². The second-order valence-electron chi connectivity index (χ2n) is 5.08. The van der Waals surface area contributed by atoms with Crippen molar-refractivity contribution in [2.45, 2.75) is 32.4 Å². The molecule has 1 aliphatic rings. The topological polar surface area (TPSA) is 107 Å². The summed E-state index contributed by atoms with van der Waals surface area (Å²) in [6, 6.07) is -0.392. The van der Waals surface area contributed by atoms with Crippen LogP contribution < -0.4 is 0 Å². The third kappa shape index (κ3) is 4.92. The number of nitrogens with zero attached hydrogens (tertiary/aromatic N) is 1. The molecule has 1 radical (unpaired) electrons. The van der Waals surface area contributed by atoms with Crippen molar-refractivity contribution >= 4 is 12.0 Å². The van der Waals surface area contributed by atoms with Gasteiger partial charge in [-0.15, -0.1) is 0 Å². The molecular weight excluding hydrogens is 481 g/mol. The van der Waals surface area contributed by atoms with E-state index in [1.165, 1.54) is 0 Å². The first-order chi connectivity index (χ1) is 8.92. The molecule has 2 unspecified atom stereocenters. The molecule has 1 heterocycles. The maximum atomic E-state index is 12.0. The Labute approximate surface area is 153 Å². The molecule has 0 bridgehead atoms. The Balaban J connectivity index is 0.00000361. The van der Waals surface area contributed by atoms with Crippen LogP contribution in [0.2, 0.25) is 0 Å². The average molecular weight is 502 g/mol. The number of hydrogen-bond donors (Lipinski definition) is 3. The first kappa shape index (κ1) is 20.3. The zero-order chi connectivity index (χ0) is 14.6. The van der Waals surface area contributed by atoms with Gasteiger partial charge in [0.15, 0.2) is 0 Å². The molecule has 0 aliphatic carbocycles. The molecule has 7 nitrogen and oxygen atoms in total. The van der Waals surface area contributed by atoms with Crippen LogP contribution >= 0.6 is 0 Å². The summed E-state index contributed by atoms with van der Waals surface area (Å²) in [5.74, 6) is -1.31. The van der Waals surface area contributed by atoms with Crippen molar-refractivity contribution in [3.05, 3.63) is 0 Å². The molecule has 1 fully saturated rings. The van der Waals surface area contributed by atoms with Crippen LogP contribution in [0, 0.1) is 55.9 Å². The summed E-state index contributed by atoms with van der Waals surface area (Å²) in [7, 11) is 0. The third-order valence-corrected chi connectivity index (χ3v) is 3.27. The maximum absolute atomic E-state index is 12.0. The molecule has 0 aromatic rings. The molecule has 20 heavy (non-hydrogen) atoms. The Morgan fingerprint density at radius 1 is 1.40 bits per heavy atom. The average Bonchev–Trinajstić information content (AvgIpc) is 2.76. The molecule has 0 spiro atoms. The van der Waals surface area contributed by atoms with Gasteiger partial charge in [-0.25, -0.2) is 9.69 Å².